The molecule has 0 aromatic carbocycles. The van der Waals surface area contributed by atoms with Gasteiger partial charge in [0, 0.05) is 27.2 Å². The van der Waals surface area contributed by atoms with Crippen molar-refractivity contribution in [3.05, 3.63) is 0 Å². The van der Waals surface area contributed by atoms with E-state index >= 15 is 0 Å². The Morgan fingerprint density at radius 3 is 2.73 bits per heavy atom. The van der Waals surface area contributed by atoms with Crippen molar-refractivity contribution in [3.63, 3.8) is 0 Å². The molecule has 0 bridgehead atoms. The number of carbonyl (C=O) groups excluding carboxylic acids is 2. The van der Waals surface area contributed by atoms with Crippen molar-refractivity contribution in [2.45, 2.75) is 12.5 Å². The molecule has 1 saturated heterocycles. The van der Waals surface area contributed by atoms with Gasteiger partial charge < -0.3 is 14.4 Å². The largest absolute Gasteiger partial charge is 0.382 e. The molecule has 1 aliphatic heterocycles. The molecule has 0 saturated carbocycles. The van der Waals surface area contributed by atoms with Gasteiger partial charge in [-0.2, -0.15) is 0 Å². The Balaban J connectivity index is 2.42. The number of carbonyl (C=O) groups is 2. The number of nitrogens with zero attached hydrogens (tertiary/aromatic N) is 1. The average Bonchev–Trinajstić information content (AvgIpc) is 2.21. The monoisotopic (exact) mass is 216 g/mol. The fourth-order valence-corrected chi connectivity index (χ4v) is 1.40. The number of amides is 3. The molecule has 0 aliphatic carbocycles. The highest BCUT2D eigenvalue weighted by Gasteiger charge is 2.25. The molecule has 1 rings (SSSR count). The molecular formula is C9H16N2O4. The first-order valence-corrected chi connectivity index (χ1v) is 4.78. The smallest absolute Gasteiger partial charge is 0.324 e. The van der Waals surface area contributed by atoms with Crippen LogP contribution in [0, 0.1) is 0 Å². The van der Waals surface area contributed by atoms with Crippen LogP contribution >= 0.6 is 0 Å². The number of rotatable bonds is 5. The number of nitrogens with one attached hydrogen (secondary N) is 1. The highest BCUT2D eigenvalue weighted by atomic mass is 16.5. The summed E-state index contributed by atoms with van der Waals surface area (Å²) in [5.74, 6) is -0.225. The number of hydrogen-bond donors (Lipinski definition) is 1. The molecule has 0 aromatic heterocycles. The lowest BCUT2D eigenvalue weighted by molar-refractivity contribution is -0.121. The number of urea groups is 1. The van der Waals surface area contributed by atoms with Crippen LogP contribution in [0.3, 0.4) is 0 Å². The second-order valence-electron chi connectivity index (χ2n) is 3.36. The molecule has 0 spiro atoms. The van der Waals surface area contributed by atoms with Crippen LogP contribution in [0.2, 0.25) is 0 Å². The highest BCUT2D eigenvalue weighted by Crippen LogP contribution is 2.03. The quantitative estimate of drug-likeness (QED) is 0.678. The Morgan fingerprint density at radius 1 is 1.47 bits per heavy atom. The Labute approximate surface area is 88.5 Å². The van der Waals surface area contributed by atoms with Crippen molar-refractivity contribution in [2.75, 3.05) is 33.9 Å². The van der Waals surface area contributed by atoms with E-state index in [0.717, 1.165) is 0 Å². The zero-order chi connectivity index (χ0) is 11.3. The van der Waals surface area contributed by atoms with Gasteiger partial charge in [0.2, 0.25) is 5.91 Å². The molecule has 0 aromatic rings. The maximum Gasteiger partial charge on any atom is 0.324 e. The normalized spacial score (nSPS) is 18.9. The van der Waals surface area contributed by atoms with E-state index in [2.05, 4.69) is 5.32 Å². The van der Waals surface area contributed by atoms with E-state index in [1.165, 1.54) is 0 Å². The summed E-state index contributed by atoms with van der Waals surface area (Å²) in [4.78, 5) is 23.8. The maximum absolute atomic E-state index is 11.4. The van der Waals surface area contributed by atoms with Crippen molar-refractivity contribution in [1.82, 2.24) is 10.2 Å². The zero-order valence-corrected chi connectivity index (χ0v) is 8.99. The van der Waals surface area contributed by atoms with Crippen LogP contribution in [-0.2, 0) is 14.3 Å². The summed E-state index contributed by atoms with van der Waals surface area (Å²) >= 11 is 0. The first-order chi connectivity index (χ1) is 7.17. The maximum atomic E-state index is 11.4. The SMILES string of the molecule is COCC(CN1CCC(=O)NC1=O)OC. The van der Waals surface area contributed by atoms with Gasteiger partial charge in [-0.3, -0.25) is 10.1 Å². The predicted octanol–water partition coefficient (Wildman–Crippen LogP) is -0.410. The van der Waals surface area contributed by atoms with Gasteiger partial charge in [0.05, 0.1) is 19.3 Å². The Morgan fingerprint density at radius 2 is 2.20 bits per heavy atom. The second-order valence-corrected chi connectivity index (χ2v) is 3.36. The van der Waals surface area contributed by atoms with Crippen LogP contribution < -0.4 is 5.32 Å². The molecule has 6 nitrogen and oxygen atoms in total. The summed E-state index contributed by atoms with van der Waals surface area (Å²) in [6.07, 6.45) is 0.184. The predicted molar refractivity (Wildman–Crippen MR) is 52.4 cm³/mol. The van der Waals surface area contributed by atoms with Crippen LogP contribution in [0.4, 0.5) is 4.79 Å². The van der Waals surface area contributed by atoms with Gasteiger partial charge in [-0.25, -0.2) is 4.79 Å². The van der Waals surface area contributed by atoms with E-state index in [4.69, 9.17) is 9.47 Å². The molecule has 86 valence electrons. The number of ether oxygens (including phenoxy) is 2. The first kappa shape index (κ1) is 11.9. The van der Waals surface area contributed by atoms with E-state index in [1.807, 2.05) is 0 Å². The van der Waals surface area contributed by atoms with Crippen LogP contribution in [0.5, 0.6) is 0 Å². The Kier molecular flexibility index (Phi) is 4.51. The highest BCUT2D eigenvalue weighted by molar-refractivity contribution is 5.96. The summed E-state index contributed by atoms with van der Waals surface area (Å²) in [7, 11) is 3.14. The summed E-state index contributed by atoms with van der Waals surface area (Å²) in [5, 5.41) is 2.25. The summed E-state index contributed by atoms with van der Waals surface area (Å²) < 4.78 is 10.1. The molecule has 1 N–H and O–H groups in total. The van der Waals surface area contributed by atoms with Gasteiger partial charge in [0.1, 0.15) is 0 Å². The van der Waals surface area contributed by atoms with Gasteiger partial charge in [-0.1, -0.05) is 0 Å². The molecule has 1 atom stereocenters. The number of methoxy groups -OCH3 is 2. The van der Waals surface area contributed by atoms with Crippen LogP contribution in [0.15, 0.2) is 0 Å². The lowest BCUT2D eigenvalue weighted by atomic mass is 10.2. The van der Waals surface area contributed by atoms with Crippen LogP contribution in [-0.4, -0.2) is 56.9 Å². The minimum atomic E-state index is -0.357. The summed E-state index contributed by atoms with van der Waals surface area (Å²) in [6, 6.07) is -0.357. The fourth-order valence-electron chi connectivity index (χ4n) is 1.40. The fraction of sp³-hybridized carbons (Fsp3) is 0.778. The number of hydrogen-bond acceptors (Lipinski definition) is 4. The molecule has 6 heteroatoms. The molecular weight excluding hydrogens is 200 g/mol. The standard InChI is InChI=1S/C9H16N2O4/c1-14-6-7(15-2)5-11-4-3-8(12)10-9(11)13/h7H,3-6H2,1-2H3,(H,10,12,13). The van der Waals surface area contributed by atoms with Gasteiger partial charge in [-0.05, 0) is 0 Å². The van der Waals surface area contributed by atoms with E-state index in [1.54, 1.807) is 19.1 Å². The van der Waals surface area contributed by atoms with Gasteiger partial charge in [-0.15, -0.1) is 0 Å². The van der Waals surface area contributed by atoms with E-state index in [9.17, 15) is 9.59 Å². The van der Waals surface area contributed by atoms with E-state index in [-0.39, 0.29) is 18.0 Å². The van der Waals surface area contributed by atoms with E-state index in [0.29, 0.717) is 26.1 Å². The third-order valence-corrected chi connectivity index (χ3v) is 2.25. The number of imide groups is 1. The van der Waals surface area contributed by atoms with Crippen molar-refractivity contribution in [3.8, 4) is 0 Å². The minimum Gasteiger partial charge on any atom is -0.382 e. The van der Waals surface area contributed by atoms with Gasteiger partial charge >= 0.3 is 6.03 Å². The van der Waals surface area contributed by atoms with Crippen molar-refractivity contribution in [2.24, 2.45) is 0 Å². The summed E-state index contributed by atoms with van der Waals surface area (Å²) in [5.41, 5.74) is 0. The first-order valence-electron chi connectivity index (χ1n) is 4.78. The van der Waals surface area contributed by atoms with Crippen LogP contribution in [0.1, 0.15) is 6.42 Å². The third kappa shape index (κ3) is 3.49. The van der Waals surface area contributed by atoms with Gasteiger partial charge in [0.15, 0.2) is 0 Å². The molecule has 3 amide bonds. The molecule has 1 aliphatic rings. The lowest BCUT2D eigenvalue weighted by Crippen LogP contribution is -2.52. The third-order valence-electron chi connectivity index (χ3n) is 2.25. The van der Waals surface area contributed by atoms with Crippen molar-refractivity contribution < 1.29 is 19.1 Å². The molecule has 0 radical (unpaired) electrons. The molecule has 1 heterocycles. The lowest BCUT2D eigenvalue weighted by Gasteiger charge is -2.29. The Bertz CT molecular complexity index is 244. The second kappa shape index (κ2) is 5.67. The average molecular weight is 216 g/mol. The van der Waals surface area contributed by atoms with E-state index < -0.39 is 0 Å². The van der Waals surface area contributed by atoms with Crippen molar-refractivity contribution >= 4 is 11.9 Å². The zero-order valence-electron chi connectivity index (χ0n) is 8.99. The summed E-state index contributed by atoms with van der Waals surface area (Å²) in [6.45, 7) is 1.30. The van der Waals surface area contributed by atoms with Gasteiger partial charge in [0.25, 0.3) is 0 Å². The topological polar surface area (TPSA) is 67.9 Å². The minimum absolute atomic E-state index is 0.158. The Hall–Kier alpha value is -1.14. The molecule has 1 unspecified atom stereocenters. The molecule has 1 fully saturated rings. The van der Waals surface area contributed by atoms with Crippen molar-refractivity contribution in [1.29, 1.82) is 0 Å². The van der Waals surface area contributed by atoms with Crippen LogP contribution in [0.25, 0.3) is 0 Å². The molecule has 15 heavy (non-hydrogen) atoms.